The van der Waals surface area contributed by atoms with E-state index in [1.165, 1.54) is 10.9 Å². The molecule has 0 spiro atoms. The molecule has 0 saturated heterocycles. The first kappa shape index (κ1) is 10.2. The van der Waals surface area contributed by atoms with Gasteiger partial charge in [0.05, 0.1) is 5.69 Å². The lowest BCUT2D eigenvalue weighted by atomic mass is 10.3. The third kappa shape index (κ3) is 1.73. The van der Waals surface area contributed by atoms with Crippen molar-refractivity contribution in [2.45, 2.75) is 0 Å². The van der Waals surface area contributed by atoms with Gasteiger partial charge in [-0.25, -0.2) is 5.84 Å². The minimum atomic E-state index is -0.615. The second-order valence-electron chi connectivity index (χ2n) is 3.16. The standard InChI is InChI=1S/C10H10N4O2/c11-12-9(15)8-6-14(13-10(8)16)7-4-2-1-3-5-7/h1-6H,11H2,(H,12,15)(H,13,16). The van der Waals surface area contributed by atoms with E-state index in [0.717, 1.165) is 5.69 Å². The molecule has 1 heterocycles. The second kappa shape index (κ2) is 4.03. The van der Waals surface area contributed by atoms with E-state index in [-0.39, 0.29) is 5.56 Å². The fourth-order valence-corrected chi connectivity index (χ4v) is 1.36. The molecule has 2 aromatic rings. The van der Waals surface area contributed by atoms with Crippen LogP contribution in [0.1, 0.15) is 10.4 Å². The number of carbonyl (C=O) groups is 1. The molecule has 0 radical (unpaired) electrons. The first-order chi connectivity index (χ1) is 7.72. The van der Waals surface area contributed by atoms with Gasteiger partial charge in [0, 0.05) is 6.20 Å². The summed E-state index contributed by atoms with van der Waals surface area (Å²) in [6.07, 6.45) is 1.40. The van der Waals surface area contributed by atoms with E-state index in [9.17, 15) is 9.59 Å². The van der Waals surface area contributed by atoms with E-state index >= 15 is 0 Å². The number of aromatic amines is 1. The van der Waals surface area contributed by atoms with Gasteiger partial charge >= 0.3 is 0 Å². The number of nitrogens with zero attached hydrogens (tertiary/aromatic N) is 1. The molecule has 0 fully saturated rings. The van der Waals surface area contributed by atoms with Gasteiger partial charge in [0.15, 0.2) is 0 Å². The summed E-state index contributed by atoms with van der Waals surface area (Å²) in [5.41, 5.74) is 2.17. The van der Waals surface area contributed by atoms with E-state index in [1.807, 2.05) is 23.6 Å². The number of hydrogen-bond acceptors (Lipinski definition) is 3. The Bertz CT molecular complexity index is 556. The maximum atomic E-state index is 11.4. The fourth-order valence-electron chi connectivity index (χ4n) is 1.36. The topological polar surface area (TPSA) is 92.9 Å². The maximum absolute atomic E-state index is 11.4. The van der Waals surface area contributed by atoms with Crippen LogP contribution in [0.4, 0.5) is 0 Å². The molecule has 0 unspecified atom stereocenters. The summed E-state index contributed by atoms with van der Waals surface area (Å²) in [7, 11) is 0. The Morgan fingerprint density at radius 3 is 2.62 bits per heavy atom. The Balaban J connectivity index is 2.47. The number of benzene rings is 1. The van der Waals surface area contributed by atoms with Crippen LogP contribution < -0.4 is 16.8 Å². The Morgan fingerprint density at radius 2 is 2.00 bits per heavy atom. The van der Waals surface area contributed by atoms with Crippen molar-refractivity contribution in [3.8, 4) is 5.69 Å². The second-order valence-corrected chi connectivity index (χ2v) is 3.16. The monoisotopic (exact) mass is 218 g/mol. The summed E-state index contributed by atoms with van der Waals surface area (Å²) < 4.78 is 1.47. The summed E-state index contributed by atoms with van der Waals surface area (Å²) in [5, 5.41) is 2.52. The third-order valence-corrected chi connectivity index (χ3v) is 2.13. The Hall–Kier alpha value is -2.34. The Morgan fingerprint density at radius 1 is 1.31 bits per heavy atom. The zero-order valence-corrected chi connectivity index (χ0v) is 8.31. The quantitative estimate of drug-likeness (QED) is 0.369. The van der Waals surface area contributed by atoms with E-state index < -0.39 is 11.5 Å². The van der Waals surface area contributed by atoms with Crippen LogP contribution >= 0.6 is 0 Å². The molecule has 1 aromatic carbocycles. The highest BCUT2D eigenvalue weighted by Crippen LogP contribution is 2.04. The molecule has 2 rings (SSSR count). The number of amides is 1. The lowest BCUT2D eigenvalue weighted by Gasteiger charge is -1.99. The number of nitrogen functional groups attached to an aromatic ring is 1. The van der Waals surface area contributed by atoms with Crippen molar-refractivity contribution in [3.63, 3.8) is 0 Å². The minimum Gasteiger partial charge on any atom is -0.290 e. The van der Waals surface area contributed by atoms with Gasteiger partial charge in [-0.2, -0.15) is 0 Å². The van der Waals surface area contributed by atoms with Crippen LogP contribution in [0.15, 0.2) is 41.3 Å². The van der Waals surface area contributed by atoms with Crippen LogP contribution in [0.2, 0.25) is 0 Å². The van der Waals surface area contributed by atoms with Crippen LogP contribution in [0.3, 0.4) is 0 Å². The maximum Gasteiger partial charge on any atom is 0.277 e. The molecule has 1 aromatic heterocycles. The van der Waals surface area contributed by atoms with Gasteiger partial charge in [-0.3, -0.25) is 24.8 Å². The molecule has 0 aliphatic carbocycles. The zero-order chi connectivity index (χ0) is 11.5. The summed E-state index contributed by atoms with van der Waals surface area (Å²) in [6, 6.07) is 9.13. The number of rotatable bonds is 2. The van der Waals surface area contributed by atoms with Crippen molar-refractivity contribution in [1.82, 2.24) is 15.2 Å². The number of H-pyrrole nitrogens is 1. The van der Waals surface area contributed by atoms with Gasteiger partial charge in [0.1, 0.15) is 5.56 Å². The van der Waals surface area contributed by atoms with Crippen LogP contribution in [-0.2, 0) is 0 Å². The molecule has 0 saturated carbocycles. The third-order valence-electron chi connectivity index (χ3n) is 2.13. The molecule has 1 amide bonds. The van der Waals surface area contributed by atoms with Gasteiger partial charge < -0.3 is 0 Å². The fraction of sp³-hybridized carbons (Fsp3) is 0. The van der Waals surface area contributed by atoms with Crippen molar-refractivity contribution >= 4 is 5.91 Å². The number of nitrogens with two attached hydrogens (primary N) is 1. The molecule has 6 heteroatoms. The summed E-state index contributed by atoms with van der Waals surface area (Å²) >= 11 is 0. The summed E-state index contributed by atoms with van der Waals surface area (Å²) in [6.45, 7) is 0. The highest BCUT2D eigenvalue weighted by atomic mass is 16.2. The van der Waals surface area contributed by atoms with Gasteiger partial charge in [0.2, 0.25) is 0 Å². The van der Waals surface area contributed by atoms with Gasteiger partial charge in [-0.05, 0) is 12.1 Å². The highest BCUT2D eigenvalue weighted by Gasteiger charge is 2.12. The van der Waals surface area contributed by atoms with Crippen molar-refractivity contribution in [2.24, 2.45) is 5.84 Å². The predicted molar refractivity (Wildman–Crippen MR) is 58.0 cm³/mol. The molecule has 0 atom stereocenters. The minimum absolute atomic E-state index is 0.0219. The van der Waals surface area contributed by atoms with Crippen LogP contribution in [0.25, 0.3) is 5.69 Å². The smallest absolute Gasteiger partial charge is 0.277 e. The largest absolute Gasteiger partial charge is 0.290 e. The van der Waals surface area contributed by atoms with Crippen LogP contribution in [-0.4, -0.2) is 15.7 Å². The number of carbonyl (C=O) groups excluding carboxylic acids is 1. The average Bonchev–Trinajstić information content (AvgIpc) is 2.71. The van der Waals surface area contributed by atoms with Crippen molar-refractivity contribution in [1.29, 1.82) is 0 Å². The van der Waals surface area contributed by atoms with Crippen molar-refractivity contribution < 1.29 is 4.79 Å². The Labute approximate surface area is 90.6 Å². The van der Waals surface area contributed by atoms with E-state index in [0.29, 0.717) is 0 Å². The molecule has 16 heavy (non-hydrogen) atoms. The molecule has 82 valence electrons. The summed E-state index contributed by atoms with van der Waals surface area (Å²) in [5.74, 6) is 4.34. The molecule has 0 bridgehead atoms. The van der Waals surface area contributed by atoms with Gasteiger partial charge in [-0.15, -0.1) is 0 Å². The van der Waals surface area contributed by atoms with Crippen LogP contribution in [0.5, 0.6) is 0 Å². The number of hydrogen-bond donors (Lipinski definition) is 3. The Kier molecular flexibility index (Phi) is 2.57. The summed E-state index contributed by atoms with van der Waals surface area (Å²) in [4.78, 5) is 22.6. The average molecular weight is 218 g/mol. The van der Waals surface area contributed by atoms with Crippen LogP contribution in [0, 0.1) is 0 Å². The first-order valence-electron chi connectivity index (χ1n) is 4.60. The van der Waals surface area contributed by atoms with E-state index in [4.69, 9.17) is 5.84 Å². The number of aromatic nitrogens is 2. The zero-order valence-electron chi connectivity index (χ0n) is 8.31. The lowest BCUT2D eigenvalue weighted by molar-refractivity contribution is 0.0952. The predicted octanol–water partition coefficient (Wildman–Crippen LogP) is -0.231. The molecule has 6 nitrogen and oxygen atoms in total. The SMILES string of the molecule is NNC(=O)c1cn(-c2ccccc2)[nH]c1=O. The van der Waals surface area contributed by atoms with Crippen molar-refractivity contribution in [2.75, 3.05) is 0 Å². The van der Waals surface area contributed by atoms with Gasteiger partial charge in [-0.1, -0.05) is 18.2 Å². The first-order valence-corrected chi connectivity index (χ1v) is 4.60. The number of nitrogens with one attached hydrogen (secondary N) is 2. The lowest BCUT2D eigenvalue weighted by Crippen LogP contribution is -2.32. The molecule has 0 aliphatic heterocycles. The van der Waals surface area contributed by atoms with Gasteiger partial charge in [0.25, 0.3) is 11.5 Å². The molecular weight excluding hydrogens is 208 g/mol. The molecule has 4 N–H and O–H groups in total. The molecule has 0 aliphatic rings. The number of para-hydroxylation sites is 1. The van der Waals surface area contributed by atoms with E-state index in [2.05, 4.69) is 5.10 Å². The normalized spacial score (nSPS) is 10.1. The highest BCUT2D eigenvalue weighted by molar-refractivity contribution is 5.93. The van der Waals surface area contributed by atoms with E-state index in [1.54, 1.807) is 12.1 Å². The molecular formula is C10H10N4O2. The van der Waals surface area contributed by atoms with Crippen molar-refractivity contribution in [3.05, 3.63) is 52.4 Å². The number of hydrazine groups is 1.